The van der Waals surface area contributed by atoms with Crippen LogP contribution in [0.2, 0.25) is 0 Å². The summed E-state index contributed by atoms with van der Waals surface area (Å²) in [5.41, 5.74) is 2.99. The molecule has 1 heterocycles. The van der Waals surface area contributed by atoms with Crippen molar-refractivity contribution in [3.05, 3.63) is 71.9 Å². The number of amides is 1. The number of aromatic nitrogens is 1. The first-order chi connectivity index (χ1) is 14.2. The summed E-state index contributed by atoms with van der Waals surface area (Å²) in [5.74, 6) is 0.728. The second-order valence-corrected chi connectivity index (χ2v) is 6.82. The van der Waals surface area contributed by atoms with E-state index in [9.17, 15) is 4.79 Å². The highest BCUT2D eigenvalue weighted by atomic mass is 127. The number of nitrogens with one attached hydrogen (secondary N) is 3. The number of nitrogens with zero attached hydrogens (tertiary/aromatic N) is 2. The Morgan fingerprint density at radius 3 is 2.53 bits per heavy atom. The first kappa shape index (κ1) is 23.7. The van der Waals surface area contributed by atoms with Crippen molar-refractivity contribution in [3.63, 3.8) is 0 Å². The van der Waals surface area contributed by atoms with E-state index in [0.717, 1.165) is 37.6 Å². The van der Waals surface area contributed by atoms with E-state index < -0.39 is 0 Å². The minimum absolute atomic E-state index is 0. The van der Waals surface area contributed by atoms with Crippen molar-refractivity contribution in [2.75, 3.05) is 20.1 Å². The molecule has 6 nitrogen and oxygen atoms in total. The molecule has 0 fully saturated rings. The van der Waals surface area contributed by atoms with Gasteiger partial charge in [-0.25, -0.2) is 4.99 Å². The van der Waals surface area contributed by atoms with Gasteiger partial charge in [0.15, 0.2) is 5.96 Å². The van der Waals surface area contributed by atoms with Gasteiger partial charge >= 0.3 is 0 Å². The van der Waals surface area contributed by atoms with E-state index in [1.54, 1.807) is 7.05 Å². The third-order valence-corrected chi connectivity index (χ3v) is 4.76. The summed E-state index contributed by atoms with van der Waals surface area (Å²) in [6.45, 7) is 5.23. The minimum atomic E-state index is -0.0782. The van der Waals surface area contributed by atoms with Crippen LogP contribution in [0.5, 0.6) is 0 Å². The van der Waals surface area contributed by atoms with Crippen LogP contribution in [0.1, 0.15) is 29.3 Å². The average Bonchev–Trinajstić information content (AvgIpc) is 3.18. The molecule has 0 bridgehead atoms. The maximum atomic E-state index is 11.6. The van der Waals surface area contributed by atoms with Gasteiger partial charge in [-0.15, -0.1) is 24.0 Å². The van der Waals surface area contributed by atoms with Crippen molar-refractivity contribution in [3.8, 4) is 0 Å². The number of benzene rings is 2. The van der Waals surface area contributed by atoms with Crippen LogP contribution in [-0.4, -0.2) is 36.6 Å². The highest BCUT2D eigenvalue weighted by Gasteiger charge is 2.03. The molecule has 30 heavy (non-hydrogen) atoms. The quantitative estimate of drug-likeness (QED) is 0.184. The summed E-state index contributed by atoms with van der Waals surface area (Å²) in [6.07, 6.45) is 3.15. The lowest BCUT2D eigenvalue weighted by Crippen LogP contribution is -2.38. The molecule has 0 unspecified atom stereocenters. The fourth-order valence-electron chi connectivity index (χ4n) is 3.21. The summed E-state index contributed by atoms with van der Waals surface area (Å²) in [4.78, 5) is 16.3. The van der Waals surface area contributed by atoms with Crippen LogP contribution in [-0.2, 0) is 13.1 Å². The van der Waals surface area contributed by atoms with Gasteiger partial charge in [0.1, 0.15) is 0 Å². The number of carbonyl (C=O) groups is 1. The molecule has 7 heteroatoms. The number of hydrogen-bond donors (Lipinski definition) is 3. The fourth-order valence-corrected chi connectivity index (χ4v) is 3.21. The van der Waals surface area contributed by atoms with Crippen LogP contribution in [0.3, 0.4) is 0 Å². The molecule has 0 saturated carbocycles. The summed E-state index contributed by atoms with van der Waals surface area (Å²) in [7, 11) is 1.63. The number of rotatable bonds is 8. The smallest absolute Gasteiger partial charge is 0.251 e. The lowest BCUT2D eigenvalue weighted by Gasteiger charge is -2.12. The summed E-state index contributed by atoms with van der Waals surface area (Å²) >= 11 is 0. The zero-order valence-corrected chi connectivity index (χ0v) is 19.9. The third kappa shape index (κ3) is 6.48. The van der Waals surface area contributed by atoms with Crippen molar-refractivity contribution in [2.45, 2.75) is 26.4 Å². The predicted octanol–water partition coefficient (Wildman–Crippen LogP) is 3.76. The highest BCUT2D eigenvalue weighted by Crippen LogP contribution is 2.15. The van der Waals surface area contributed by atoms with Crippen molar-refractivity contribution < 1.29 is 4.79 Å². The SMILES string of the molecule is CCNC(=NCc1ccc(C(=O)NC)cc1)NCCCn1ccc2ccccc21.I. The Kier molecular flexibility index (Phi) is 9.66. The van der Waals surface area contributed by atoms with Gasteiger partial charge in [0.05, 0.1) is 6.54 Å². The molecule has 0 aliphatic carbocycles. The zero-order valence-electron chi connectivity index (χ0n) is 17.5. The second kappa shape index (κ2) is 12.2. The first-order valence-electron chi connectivity index (χ1n) is 10.1. The van der Waals surface area contributed by atoms with Gasteiger partial charge in [0, 0.05) is 44.0 Å². The van der Waals surface area contributed by atoms with E-state index in [1.165, 1.54) is 10.9 Å². The van der Waals surface area contributed by atoms with Gasteiger partial charge in [-0.1, -0.05) is 30.3 Å². The number of hydrogen-bond acceptors (Lipinski definition) is 2. The molecule has 0 spiro atoms. The van der Waals surface area contributed by atoms with Crippen LogP contribution in [0.25, 0.3) is 10.9 Å². The van der Waals surface area contributed by atoms with Gasteiger partial charge in [0.2, 0.25) is 0 Å². The van der Waals surface area contributed by atoms with Crippen molar-refractivity contribution in [1.82, 2.24) is 20.5 Å². The molecule has 3 N–H and O–H groups in total. The van der Waals surface area contributed by atoms with E-state index in [1.807, 2.05) is 24.3 Å². The lowest BCUT2D eigenvalue weighted by atomic mass is 10.1. The van der Waals surface area contributed by atoms with E-state index in [2.05, 4.69) is 69.0 Å². The number of halogens is 1. The molecule has 3 rings (SSSR count). The fraction of sp³-hybridized carbons (Fsp3) is 0.304. The monoisotopic (exact) mass is 519 g/mol. The van der Waals surface area contributed by atoms with Gasteiger partial charge in [0.25, 0.3) is 5.91 Å². The molecule has 0 atom stereocenters. The van der Waals surface area contributed by atoms with E-state index >= 15 is 0 Å². The Labute approximate surface area is 195 Å². The Morgan fingerprint density at radius 1 is 1.03 bits per heavy atom. The number of para-hydroxylation sites is 1. The van der Waals surface area contributed by atoms with Crippen molar-refractivity contribution in [1.29, 1.82) is 0 Å². The van der Waals surface area contributed by atoms with Gasteiger partial charge in [-0.3, -0.25) is 4.79 Å². The van der Waals surface area contributed by atoms with E-state index in [0.29, 0.717) is 12.1 Å². The molecule has 1 aromatic heterocycles. The number of guanidine groups is 1. The zero-order chi connectivity index (χ0) is 20.5. The van der Waals surface area contributed by atoms with Gasteiger partial charge < -0.3 is 20.5 Å². The van der Waals surface area contributed by atoms with E-state index in [-0.39, 0.29) is 29.9 Å². The average molecular weight is 519 g/mol. The first-order valence-corrected chi connectivity index (χ1v) is 10.1. The largest absolute Gasteiger partial charge is 0.357 e. The Balaban J connectivity index is 0.00000320. The summed E-state index contributed by atoms with van der Waals surface area (Å²) in [5, 5.41) is 10.6. The molecular formula is C23H30IN5O. The molecule has 0 aliphatic rings. The number of carbonyl (C=O) groups excluding carboxylic acids is 1. The topological polar surface area (TPSA) is 70.4 Å². The highest BCUT2D eigenvalue weighted by molar-refractivity contribution is 14.0. The molecule has 0 saturated heterocycles. The standard InChI is InChI=1S/C23H29N5O.HI/c1-3-25-23(27-17-18-9-11-20(12-10-18)22(29)24-2)26-14-6-15-28-16-13-19-7-4-5-8-21(19)28;/h4-5,7-13,16H,3,6,14-15,17H2,1-2H3,(H,24,29)(H2,25,26,27);1H. The Hall–Kier alpha value is -2.55. The van der Waals surface area contributed by atoms with E-state index in [4.69, 9.17) is 0 Å². The third-order valence-electron chi connectivity index (χ3n) is 4.76. The number of aryl methyl sites for hydroxylation is 1. The van der Waals surface area contributed by atoms with Gasteiger partial charge in [-0.2, -0.15) is 0 Å². The molecule has 0 aliphatic heterocycles. The van der Waals surface area contributed by atoms with Crippen molar-refractivity contribution >= 4 is 46.7 Å². The Morgan fingerprint density at radius 2 is 1.80 bits per heavy atom. The lowest BCUT2D eigenvalue weighted by molar-refractivity contribution is 0.0963. The Bertz CT molecular complexity index is 965. The van der Waals surface area contributed by atoms with Crippen molar-refractivity contribution in [2.24, 2.45) is 4.99 Å². The van der Waals surface area contributed by atoms with Crippen LogP contribution in [0.15, 0.2) is 65.8 Å². The molecular weight excluding hydrogens is 489 g/mol. The predicted molar refractivity (Wildman–Crippen MR) is 135 cm³/mol. The summed E-state index contributed by atoms with van der Waals surface area (Å²) < 4.78 is 2.29. The molecule has 160 valence electrons. The molecule has 0 radical (unpaired) electrons. The van der Waals surface area contributed by atoms with Crippen LogP contribution in [0, 0.1) is 0 Å². The molecule has 1 amide bonds. The maximum Gasteiger partial charge on any atom is 0.251 e. The van der Waals surface area contributed by atoms with Crippen LogP contribution >= 0.6 is 24.0 Å². The second-order valence-electron chi connectivity index (χ2n) is 6.82. The normalized spacial score (nSPS) is 11.1. The molecule has 3 aromatic rings. The summed E-state index contributed by atoms with van der Waals surface area (Å²) in [6, 6.07) is 18.1. The van der Waals surface area contributed by atoms with Crippen LogP contribution < -0.4 is 16.0 Å². The van der Waals surface area contributed by atoms with Crippen LogP contribution in [0.4, 0.5) is 0 Å². The van der Waals surface area contributed by atoms with Gasteiger partial charge in [-0.05, 0) is 48.6 Å². The number of fused-ring (bicyclic) bond motifs is 1. The number of aliphatic imine (C=N–C) groups is 1. The molecule has 2 aromatic carbocycles. The minimum Gasteiger partial charge on any atom is -0.357 e. The maximum absolute atomic E-state index is 11.6.